The first kappa shape index (κ1) is 21.7. The Balaban J connectivity index is 1.35. The van der Waals surface area contributed by atoms with E-state index < -0.39 is 0 Å². The van der Waals surface area contributed by atoms with Crippen LogP contribution >= 0.6 is 11.9 Å². The molecular formula is C23H26FN7OS. The molecular weight excluding hydrogens is 441 g/mol. The molecule has 1 aliphatic rings. The molecule has 5 rings (SSSR count). The van der Waals surface area contributed by atoms with Gasteiger partial charge < -0.3 is 9.88 Å². The Hall–Kier alpha value is -3.11. The van der Waals surface area contributed by atoms with E-state index in [1.807, 2.05) is 41.4 Å². The van der Waals surface area contributed by atoms with Crippen LogP contribution in [0.5, 0.6) is 0 Å². The van der Waals surface area contributed by atoms with Gasteiger partial charge in [0.05, 0.1) is 30.5 Å². The van der Waals surface area contributed by atoms with Gasteiger partial charge in [-0.1, -0.05) is 0 Å². The predicted octanol–water partition coefficient (Wildman–Crippen LogP) is 3.49. The van der Waals surface area contributed by atoms with Crippen LogP contribution in [0.15, 0.2) is 41.6 Å². The van der Waals surface area contributed by atoms with Crippen molar-refractivity contribution in [3.63, 3.8) is 0 Å². The van der Waals surface area contributed by atoms with Crippen molar-refractivity contribution in [2.75, 3.05) is 6.54 Å². The second-order valence-corrected chi connectivity index (χ2v) is 9.28. The van der Waals surface area contributed by atoms with E-state index in [-0.39, 0.29) is 18.3 Å². The zero-order valence-electron chi connectivity index (χ0n) is 18.9. The minimum Gasteiger partial charge on any atom is -0.346 e. The lowest BCUT2D eigenvalue weighted by molar-refractivity contribution is 0.0941. The van der Waals surface area contributed by atoms with Crippen molar-refractivity contribution in [1.82, 2.24) is 33.8 Å². The highest BCUT2D eigenvalue weighted by Gasteiger charge is 2.23. The average Bonchev–Trinajstić information content (AvgIpc) is 3.51. The maximum atomic E-state index is 14.6. The molecule has 3 aromatic heterocycles. The third kappa shape index (κ3) is 3.93. The third-order valence-corrected chi connectivity index (χ3v) is 7.36. The van der Waals surface area contributed by atoms with Crippen molar-refractivity contribution in [3.05, 3.63) is 65.1 Å². The van der Waals surface area contributed by atoms with Gasteiger partial charge >= 0.3 is 0 Å². The normalized spacial score (nSPS) is 14.1. The highest BCUT2D eigenvalue weighted by Crippen LogP contribution is 2.32. The summed E-state index contributed by atoms with van der Waals surface area (Å²) in [5.41, 5.74) is 3.94. The predicted molar refractivity (Wildman–Crippen MR) is 125 cm³/mol. The second kappa shape index (κ2) is 8.68. The Morgan fingerprint density at radius 3 is 2.91 bits per heavy atom. The summed E-state index contributed by atoms with van der Waals surface area (Å²) < 4.78 is 22.5. The lowest BCUT2D eigenvalue weighted by Gasteiger charge is -2.26. The van der Waals surface area contributed by atoms with Crippen LogP contribution in [-0.4, -0.2) is 40.9 Å². The number of hydrogen-bond acceptors (Lipinski definition) is 5. The van der Waals surface area contributed by atoms with E-state index in [4.69, 9.17) is 0 Å². The topological polar surface area (TPSA) is 72.9 Å². The summed E-state index contributed by atoms with van der Waals surface area (Å²) in [6.45, 7) is 7.35. The SMILES string of the molecule is CCn1c(C(=O)NCc2c(F)ccc3cnn(C)c23)cc(SN2CCn3nccc3C2)c1C. The van der Waals surface area contributed by atoms with Gasteiger partial charge in [-0.2, -0.15) is 10.2 Å². The lowest BCUT2D eigenvalue weighted by Crippen LogP contribution is -2.28. The van der Waals surface area contributed by atoms with Gasteiger partial charge in [-0.15, -0.1) is 0 Å². The molecule has 33 heavy (non-hydrogen) atoms. The molecule has 0 saturated carbocycles. The fourth-order valence-electron chi connectivity index (χ4n) is 4.44. The van der Waals surface area contributed by atoms with Crippen LogP contribution in [0.3, 0.4) is 0 Å². The average molecular weight is 468 g/mol. The minimum absolute atomic E-state index is 0.0913. The fraction of sp³-hybridized carbons (Fsp3) is 0.348. The van der Waals surface area contributed by atoms with Gasteiger partial charge in [0, 0.05) is 54.4 Å². The van der Waals surface area contributed by atoms with Gasteiger partial charge in [0.25, 0.3) is 5.91 Å². The summed E-state index contributed by atoms with van der Waals surface area (Å²) in [6, 6.07) is 7.10. The number of aryl methyl sites for hydroxylation is 1. The molecule has 0 spiro atoms. The number of nitrogens with one attached hydrogen (secondary N) is 1. The summed E-state index contributed by atoms with van der Waals surface area (Å²) in [4.78, 5) is 14.2. The summed E-state index contributed by atoms with van der Waals surface area (Å²) in [6.07, 6.45) is 3.53. The van der Waals surface area contributed by atoms with Crippen molar-refractivity contribution in [3.8, 4) is 0 Å². The van der Waals surface area contributed by atoms with E-state index in [9.17, 15) is 9.18 Å². The molecule has 10 heteroatoms. The number of benzene rings is 1. The van der Waals surface area contributed by atoms with Gasteiger partial charge in [-0.3, -0.25) is 14.2 Å². The zero-order chi connectivity index (χ0) is 23.1. The molecule has 0 saturated heterocycles. The molecule has 8 nitrogen and oxygen atoms in total. The molecule has 1 N–H and O–H groups in total. The standard InChI is InChI=1S/C23H26FN7OS/c1-4-30-15(2)21(33-29-9-10-31-17(14-29)7-8-26-31)11-20(30)23(32)25-13-18-19(24)6-5-16-12-27-28(3)22(16)18/h5-8,11-12H,4,9-10,13-14H2,1-3H3,(H,25,32). The van der Waals surface area contributed by atoms with E-state index >= 15 is 0 Å². The number of halogens is 1. The quantitative estimate of drug-likeness (QED) is 0.440. The van der Waals surface area contributed by atoms with Crippen LogP contribution in [0.25, 0.3) is 10.9 Å². The molecule has 0 atom stereocenters. The molecule has 4 heterocycles. The summed E-state index contributed by atoms with van der Waals surface area (Å²) in [5, 5.41) is 12.3. The molecule has 0 unspecified atom stereocenters. The zero-order valence-corrected chi connectivity index (χ0v) is 19.7. The Morgan fingerprint density at radius 1 is 1.24 bits per heavy atom. The monoisotopic (exact) mass is 467 g/mol. The van der Waals surface area contributed by atoms with Gasteiger partial charge in [0.1, 0.15) is 11.5 Å². The molecule has 0 radical (unpaired) electrons. The van der Waals surface area contributed by atoms with Crippen LogP contribution in [-0.2, 0) is 33.2 Å². The van der Waals surface area contributed by atoms with Gasteiger partial charge in [0.15, 0.2) is 0 Å². The van der Waals surface area contributed by atoms with E-state index in [1.54, 1.807) is 35.9 Å². The van der Waals surface area contributed by atoms with Crippen LogP contribution in [0.2, 0.25) is 0 Å². The number of carbonyl (C=O) groups is 1. The second-order valence-electron chi connectivity index (χ2n) is 8.14. The summed E-state index contributed by atoms with van der Waals surface area (Å²) >= 11 is 1.67. The first-order valence-electron chi connectivity index (χ1n) is 11.0. The molecule has 1 aliphatic heterocycles. The number of nitrogens with zero attached hydrogens (tertiary/aromatic N) is 6. The Labute approximate surface area is 195 Å². The van der Waals surface area contributed by atoms with Gasteiger partial charge in [-0.05, 0) is 50.1 Å². The van der Waals surface area contributed by atoms with Gasteiger partial charge in [-0.25, -0.2) is 8.70 Å². The number of fused-ring (bicyclic) bond motifs is 2. The Morgan fingerprint density at radius 2 is 2.09 bits per heavy atom. The molecule has 1 aromatic carbocycles. The maximum absolute atomic E-state index is 14.6. The molecule has 172 valence electrons. The lowest BCUT2D eigenvalue weighted by atomic mass is 10.1. The van der Waals surface area contributed by atoms with Crippen molar-refractivity contribution >= 4 is 28.8 Å². The largest absolute Gasteiger partial charge is 0.346 e. The van der Waals surface area contributed by atoms with E-state index in [2.05, 4.69) is 19.8 Å². The number of rotatable bonds is 6. The summed E-state index contributed by atoms with van der Waals surface area (Å²) in [7, 11) is 1.77. The molecule has 0 bridgehead atoms. The highest BCUT2D eigenvalue weighted by atomic mass is 32.2. The molecule has 4 aromatic rings. The smallest absolute Gasteiger partial charge is 0.268 e. The van der Waals surface area contributed by atoms with E-state index in [0.717, 1.165) is 35.6 Å². The van der Waals surface area contributed by atoms with Crippen molar-refractivity contribution in [1.29, 1.82) is 0 Å². The van der Waals surface area contributed by atoms with Crippen molar-refractivity contribution < 1.29 is 9.18 Å². The Kier molecular flexibility index (Phi) is 5.71. The fourth-order valence-corrected chi connectivity index (χ4v) is 5.49. The minimum atomic E-state index is -0.353. The molecule has 0 aliphatic carbocycles. The van der Waals surface area contributed by atoms with Crippen LogP contribution in [0, 0.1) is 12.7 Å². The third-order valence-electron chi connectivity index (χ3n) is 6.18. The molecule has 1 amide bonds. The van der Waals surface area contributed by atoms with Crippen LogP contribution < -0.4 is 5.32 Å². The van der Waals surface area contributed by atoms with Crippen molar-refractivity contribution in [2.45, 2.75) is 44.9 Å². The summed E-state index contributed by atoms with van der Waals surface area (Å²) in [5.74, 6) is -0.573. The van der Waals surface area contributed by atoms with Crippen LogP contribution in [0.1, 0.15) is 34.4 Å². The number of aromatic nitrogens is 5. The first-order valence-corrected chi connectivity index (χ1v) is 11.7. The number of hydrogen-bond donors (Lipinski definition) is 1. The Bertz CT molecular complexity index is 1340. The number of amides is 1. The van der Waals surface area contributed by atoms with E-state index in [0.29, 0.717) is 23.3 Å². The van der Waals surface area contributed by atoms with Crippen LogP contribution in [0.4, 0.5) is 4.39 Å². The van der Waals surface area contributed by atoms with Crippen molar-refractivity contribution in [2.24, 2.45) is 7.05 Å². The molecule has 0 fully saturated rings. The number of carbonyl (C=O) groups excluding carboxylic acids is 1. The van der Waals surface area contributed by atoms with Gasteiger partial charge in [0.2, 0.25) is 0 Å². The highest BCUT2D eigenvalue weighted by molar-refractivity contribution is 7.97. The first-order chi connectivity index (χ1) is 16.0. The van der Waals surface area contributed by atoms with E-state index in [1.165, 1.54) is 11.8 Å². The maximum Gasteiger partial charge on any atom is 0.268 e.